The number of aliphatic hydroxyl groups excluding tert-OH is 2. The Hall–Kier alpha value is -9.11. The Morgan fingerprint density at radius 3 is 1.53 bits per heavy atom. The summed E-state index contributed by atoms with van der Waals surface area (Å²) in [5, 5.41) is 50.5. The van der Waals surface area contributed by atoms with Crippen LogP contribution in [-0.4, -0.2) is 159 Å². The van der Waals surface area contributed by atoms with Crippen molar-refractivity contribution in [3.63, 3.8) is 0 Å². The normalized spacial score (nSPS) is 14.4. The molecule has 0 amide bonds. The van der Waals surface area contributed by atoms with Gasteiger partial charge in [0, 0.05) is 59.4 Å². The first-order chi connectivity index (χ1) is 42.5. The van der Waals surface area contributed by atoms with Crippen LogP contribution in [0.5, 0.6) is 11.8 Å². The average molecular weight is 1200 g/mol. The van der Waals surface area contributed by atoms with Gasteiger partial charge in [0.15, 0.2) is 11.7 Å². The number of hydrogen-bond acceptors (Lipinski definition) is 16. The van der Waals surface area contributed by atoms with Crippen LogP contribution in [0, 0.1) is 25.7 Å². The van der Waals surface area contributed by atoms with Gasteiger partial charge in [-0.2, -0.15) is 0 Å². The lowest BCUT2D eigenvalue weighted by molar-refractivity contribution is 0.0591. The van der Waals surface area contributed by atoms with Crippen molar-refractivity contribution in [2.45, 2.75) is 59.3 Å². The number of carbonyl (C=O) groups excluding carboxylic acids is 4. The van der Waals surface area contributed by atoms with E-state index < -0.39 is 23.8 Å². The summed E-state index contributed by atoms with van der Waals surface area (Å²) < 4.78 is 10.9. The summed E-state index contributed by atoms with van der Waals surface area (Å²) in [5.74, 6) is -1.49. The molecule has 88 heavy (non-hydrogen) atoms. The highest BCUT2D eigenvalue weighted by molar-refractivity contribution is 6.24. The van der Waals surface area contributed by atoms with E-state index in [1.807, 2.05) is 97.9 Å². The van der Waals surface area contributed by atoms with Crippen LogP contribution in [0.2, 0.25) is 0 Å². The monoisotopic (exact) mass is 1200 g/mol. The molecule has 0 atom stereocenters. The Balaban J connectivity index is 0.000000196. The maximum atomic E-state index is 13.0. The maximum absolute atomic E-state index is 13.0. The summed E-state index contributed by atoms with van der Waals surface area (Å²) in [6, 6.07) is 38.8. The van der Waals surface area contributed by atoms with E-state index in [-0.39, 0.29) is 41.9 Å². The van der Waals surface area contributed by atoms with Crippen molar-refractivity contribution in [3.05, 3.63) is 189 Å². The third kappa shape index (κ3) is 15.7. The average Bonchev–Trinajstić information content (AvgIpc) is 1.82. The number of aliphatic imine (C=N–C) groups is 2. The third-order valence-electron chi connectivity index (χ3n) is 16.3. The summed E-state index contributed by atoms with van der Waals surface area (Å²) in [4.78, 5) is 78.5. The van der Waals surface area contributed by atoms with Gasteiger partial charge in [-0.1, -0.05) is 60.7 Å². The van der Waals surface area contributed by atoms with Crippen LogP contribution >= 0.6 is 0 Å². The van der Waals surface area contributed by atoms with Crippen LogP contribution in [0.15, 0.2) is 143 Å². The fourth-order valence-electron chi connectivity index (χ4n) is 11.3. The van der Waals surface area contributed by atoms with Gasteiger partial charge >= 0.3 is 17.9 Å². The molecule has 8 N–H and O–H groups in total. The van der Waals surface area contributed by atoms with Crippen LogP contribution in [0.3, 0.4) is 0 Å². The predicted octanol–water partition coefficient (Wildman–Crippen LogP) is 10.4. The zero-order valence-electron chi connectivity index (χ0n) is 50.4. The number of aromatic hydroxyl groups is 2. The van der Waals surface area contributed by atoms with E-state index in [0.29, 0.717) is 84.9 Å². The topological polar surface area (TPSA) is 283 Å². The number of benzene rings is 6. The number of H-pyrrole nitrogens is 1. The summed E-state index contributed by atoms with van der Waals surface area (Å²) in [6.45, 7) is 11.9. The molecule has 2 aromatic heterocycles. The van der Waals surface area contributed by atoms with Crippen molar-refractivity contribution in [1.82, 2.24) is 19.4 Å². The van der Waals surface area contributed by atoms with Gasteiger partial charge in [-0.05, 0) is 174 Å². The first kappa shape index (κ1) is 64.9. The maximum Gasteiger partial charge on any atom is 0.338 e. The molecule has 0 aliphatic carbocycles. The van der Waals surface area contributed by atoms with Gasteiger partial charge in [0.25, 0.3) is 0 Å². The van der Waals surface area contributed by atoms with Gasteiger partial charge in [-0.15, -0.1) is 0 Å². The number of carboxylic acid groups (broad SMARTS) is 1. The number of methoxy groups -OCH3 is 2. The van der Waals surface area contributed by atoms with Crippen molar-refractivity contribution < 1.29 is 59.0 Å². The molecule has 4 heterocycles. The number of ketones is 1. The largest absolute Gasteiger partial charge is 0.494 e. The number of Topliss-reactive ketones (excluding diaryl/α,β-unsaturated/α-hetero) is 1. The number of likely N-dealkylation sites (tertiary alicyclic amines) is 2. The van der Waals surface area contributed by atoms with Crippen molar-refractivity contribution in [3.8, 4) is 11.8 Å². The molecule has 2 saturated heterocycles. The molecular weight excluding hydrogens is 1120 g/mol. The van der Waals surface area contributed by atoms with Gasteiger partial charge in [-0.3, -0.25) is 14.2 Å². The lowest BCUT2D eigenvalue weighted by Crippen LogP contribution is -2.37. The number of piperidine rings is 2. The standard InChI is InChI=1S/C34H37N3O5.C27H22N2O6.C8H18N2O/c1-22-20-28-29(21-27(22)34(41)42-2)36-33(40)31(28)32(25-6-4-3-5-7-25)35-26-11-9-24(10-12-26)30(39)13-8-23-14-16-37(17-15-23)18-19-38;1-15-13-21-22(14-20(15)27(34)35-3)29(16(2)30)25(31)23(21)24(17-7-5-4-6-8-17)28-19-11-9-18(10-12-19)26(32)33;9-7-8-1-3-10(4-2-8)5-6-11/h3-7,9-12,20-21,23,36,38,40H,8,13-19H2,1-2H3;4-14,31H,1-3H3,(H,32,33);8,11H,1-7,9H2. The van der Waals surface area contributed by atoms with Crippen LogP contribution in [0.25, 0.3) is 21.8 Å². The zero-order valence-corrected chi connectivity index (χ0v) is 50.4. The molecule has 0 unspecified atom stereocenters. The van der Waals surface area contributed by atoms with Gasteiger partial charge in [0.1, 0.15) is 0 Å². The molecule has 8 aromatic rings. The number of nitrogens with one attached hydrogen (secondary N) is 1. The van der Waals surface area contributed by atoms with Gasteiger partial charge in [0.05, 0.1) is 83.6 Å². The summed E-state index contributed by atoms with van der Waals surface area (Å²) in [5.41, 5.74) is 13.6. The molecular formula is C69H77N7O12. The molecule has 19 heteroatoms. The number of carbonyl (C=O) groups is 5. The minimum absolute atomic E-state index is 0.0528. The second-order valence-electron chi connectivity index (χ2n) is 22.0. The summed E-state index contributed by atoms with van der Waals surface area (Å²) in [6.07, 6.45) is 5.92. The van der Waals surface area contributed by atoms with Gasteiger partial charge in [-0.25, -0.2) is 24.4 Å². The quantitative estimate of drug-likeness (QED) is 0.0239. The number of nitrogens with two attached hydrogens (primary N) is 1. The fraction of sp³-hybridized carbons (Fsp3) is 0.319. The number of aryl methyl sites for hydroxylation is 2. The second-order valence-corrected chi connectivity index (χ2v) is 22.0. The molecule has 10 rings (SSSR count). The Kier molecular flexibility index (Phi) is 22.5. The molecule has 6 aromatic carbocycles. The van der Waals surface area contributed by atoms with E-state index in [2.05, 4.69) is 14.8 Å². The van der Waals surface area contributed by atoms with E-state index in [0.717, 1.165) is 92.1 Å². The van der Waals surface area contributed by atoms with E-state index in [9.17, 15) is 39.3 Å². The number of carboxylic acids is 1. The van der Waals surface area contributed by atoms with Crippen LogP contribution in [0.1, 0.15) is 125 Å². The molecule has 2 fully saturated rings. The molecule has 0 saturated carbocycles. The van der Waals surface area contributed by atoms with E-state index in [4.69, 9.17) is 35.4 Å². The summed E-state index contributed by atoms with van der Waals surface area (Å²) >= 11 is 0. The first-order valence-corrected chi connectivity index (χ1v) is 29.5. The highest BCUT2D eigenvalue weighted by atomic mass is 16.5. The minimum atomic E-state index is -1.05. The molecule has 0 radical (unpaired) electrons. The van der Waals surface area contributed by atoms with Crippen molar-refractivity contribution >= 4 is 74.2 Å². The minimum Gasteiger partial charge on any atom is -0.494 e. The smallest absolute Gasteiger partial charge is 0.338 e. The van der Waals surface area contributed by atoms with Crippen molar-refractivity contribution in [2.75, 3.05) is 73.2 Å². The van der Waals surface area contributed by atoms with Crippen LogP contribution in [-0.2, 0) is 9.47 Å². The Morgan fingerprint density at radius 2 is 1.07 bits per heavy atom. The number of rotatable bonds is 18. The van der Waals surface area contributed by atoms with Gasteiger partial charge in [0.2, 0.25) is 11.8 Å². The zero-order chi connectivity index (χ0) is 63.0. The highest BCUT2D eigenvalue weighted by Gasteiger charge is 2.28. The second kappa shape index (κ2) is 30.5. The predicted molar refractivity (Wildman–Crippen MR) is 340 cm³/mol. The number of hydrogen-bond donors (Lipinski definition) is 7. The first-order valence-electron chi connectivity index (χ1n) is 29.5. The Labute approximate surface area is 511 Å². The van der Waals surface area contributed by atoms with Gasteiger partial charge < -0.3 is 55.5 Å². The number of aromatic amines is 1. The van der Waals surface area contributed by atoms with E-state index in [1.54, 1.807) is 31.2 Å². The number of fused-ring (bicyclic) bond motifs is 2. The number of aliphatic hydroxyl groups is 2. The summed E-state index contributed by atoms with van der Waals surface area (Å²) in [7, 11) is 2.61. The van der Waals surface area contributed by atoms with E-state index >= 15 is 0 Å². The number of aromatic nitrogens is 2. The fourth-order valence-corrected chi connectivity index (χ4v) is 11.3. The Bertz CT molecular complexity index is 3800. The van der Waals surface area contributed by atoms with Crippen LogP contribution < -0.4 is 5.73 Å². The molecule has 2 aliphatic heterocycles. The van der Waals surface area contributed by atoms with Crippen molar-refractivity contribution in [1.29, 1.82) is 0 Å². The molecule has 19 nitrogen and oxygen atoms in total. The molecule has 0 bridgehead atoms. The lowest BCUT2D eigenvalue weighted by Gasteiger charge is -2.31. The molecule has 0 spiro atoms. The lowest BCUT2D eigenvalue weighted by atomic mass is 9.90. The third-order valence-corrected chi connectivity index (χ3v) is 16.3. The number of aromatic carboxylic acids is 1. The Morgan fingerprint density at radius 1 is 0.602 bits per heavy atom. The molecule has 2 aliphatic rings. The number of ether oxygens (including phenoxy) is 2. The van der Waals surface area contributed by atoms with Crippen LogP contribution in [0.4, 0.5) is 11.4 Å². The highest BCUT2D eigenvalue weighted by Crippen LogP contribution is 2.38. The molecule has 460 valence electrons. The number of β-amino-alcohol motifs (C(OH)–C–C–N with tert-alkyl or cyclic N) is 2. The van der Waals surface area contributed by atoms with E-state index in [1.165, 1.54) is 52.2 Å². The number of esters is 2. The SMILES string of the molecule is COC(=O)c1cc2[nH]c(O)c(C(=Nc3ccc(C(=O)CCC4CCN(CCO)CC4)cc3)c3ccccc3)c2cc1C.COC(=O)c1cc2c(cc1C)c(C(=Nc1ccc(C(=O)O)cc1)c1ccccc1)c(O)n2C(C)=O.NCC1CCN(CCO)CC1. The number of nitrogens with zero attached hydrogens (tertiary/aromatic N) is 5. The van der Waals surface area contributed by atoms with Crippen molar-refractivity contribution in [2.24, 2.45) is 27.6 Å².